The SMILES string of the molecule is COc1cc2c(OCc3ccccc3)cc(C(=O)O)c(-c3ccccc3)c2cc1N1CCOCC1. The molecule has 0 aliphatic carbocycles. The third-order valence-corrected chi connectivity index (χ3v) is 6.28. The summed E-state index contributed by atoms with van der Waals surface area (Å²) in [7, 11) is 1.65. The van der Waals surface area contributed by atoms with E-state index < -0.39 is 5.97 Å². The van der Waals surface area contributed by atoms with Crippen molar-refractivity contribution in [3.8, 4) is 22.6 Å². The zero-order valence-electron chi connectivity index (χ0n) is 19.6. The van der Waals surface area contributed by atoms with Gasteiger partial charge in [-0.1, -0.05) is 60.7 Å². The molecule has 0 bridgehead atoms. The highest BCUT2D eigenvalue weighted by Gasteiger charge is 2.23. The summed E-state index contributed by atoms with van der Waals surface area (Å²) in [5.74, 6) is 0.220. The maximum atomic E-state index is 12.5. The Hall–Kier alpha value is -4.03. The van der Waals surface area contributed by atoms with E-state index in [4.69, 9.17) is 14.2 Å². The Morgan fingerprint density at radius 2 is 1.60 bits per heavy atom. The van der Waals surface area contributed by atoms with Gasteiger partial charge in [0, 0.05) is 24.0 Å². The van der Waals surface area contributed by atoms with Crippen LogP contribution in [0.25, 0.3) is 21.9 Å². The number of aromatic carboxylic acids is 1. The molecule has 0 spiro atoms. The molecule has 0 amide bonds. The monoisotopic (exact) mass is 469 g/mol. The number of carbonyl (C=O) groups is 1. The van der Waals surface area contributed by atoms with Crippen LogP contribution >= 0.6 is 0 Å². The number of carboxylic acids is 1. The summed E-state index contributed by atoms with van der Waals surface area (Å²) in [5, 5.41) is 11.8. The number of anilines is 1. The molecular weight excluding hydrogens is 442 g/mol. The van der Waals surface area contributed by atoms with E-state index in [1.807, 2.05) is 72.8 Å². The van der Waals surface area contributed by atoms with Crippen molar-refractivity contribution in [1.29, 1.82) is 0 Å². The van der Waals surface area contributed by atoms with Crippen LogP contribution in [0.2, 0.25) is 0 Å². The second-order valence-corrected chi connectivity index (χ2v) is 8.41. The second-order valence-electron chi connectivity index (χ2n) is 8.41. The van der Waals surface area contributed by atoms with Crippen molar-refractivity contribution >= 4 is 22.4 Å². The van der Waals surface area contributed by atoms with Crippen LogP contribution in [0.5, 0.6) is 11.5 Å². The number of rotatable bonds is 7. The molecule has 6 nitrogen and oxygen atoms in total. The number of morpholine rings is 1. The van der Waals surface area contributed by atoms with E-state index in [2.05, 4.69) is 4.90 Å². The predicted octanol–water partition coefficient (Wildman–Crippen LogP) is 5.63. The molecule has 1 aliphatic heterocycles. The van der Waals surface area contributed by atoms with Gasteiger partial charge in [-0.3, -0.25) is 0 Å². The first-order valence-electron chi connectivity index (χ1n) is 11.6. The summed E-state index contributed by atoms with van der Waals surface area (Å²) in [6.45, 7) is 3.06. The highest BCUT2D eigenvalue weighted by atomic mass is 16.5. The minimum Gasteiger partial charge on any atom is -0.495 e. The third-order valence-electron chi connectivity index (χ3n) is 6.28. The molecule has 35 heavy (non-hydrogen) atoms. The summed E-state index contributed by atoms with van der Waals surface area (Å²) in [6.07, 6.45) is 0. The number of ether oxygens (including phenoxy) is 3. The van der Waals surface area contributed by atoms with Crippen LogP contribution in [0, 0.1) is 0 Å². The molecule has 1 fully saturated rings. The standard InChI is InChI=1S/C29H27NO5/c1-33-27-17-22-23(16-25(27)30-12-14-34-15-13-30)28(21-10-6-3-7-11-21)24(29(31)32)18-26(22)35-19-20-8-4-2-5-9-20/h2-11,16-18H,12-15,19H2,1H3,(H,31,32). The maximum Gasteiger partial charge on any atom is 0.336 e. The van der Waals surface area contributed by atoms with Crippen LogP contribution in [0.1, 0.15) is 15.9 Å². The largest absolute Gasteiger partial charge is 0.495 e. The Bertz CT molecular complexity index is 1330. The Morgan fingerprint density at radius 3 is 2.26 bits per heavy atom. The summed E-state index contributed by atoms with van der Waals surface area (Å²) in [5.41, 5.74) is 3.61. The molecule has 4 aromatic carbocycles. The van der Waals surface area contributed by atoms with E-state index >= 15 is 0 Å². The molecule has 178 valence electrons. The highest BCUT2D eigenvalue weighted by Crippen LogP contribution is 2.44. The lowest BCUT2D eigenvalue weighted by atomic mass is 9.91. The van der Waals surface area contributed by atoms with Gasteiger partial charge in [-0.25, -0.2) is 4.79 Å². The second kappa shape index (κ2) is 10.1. The number of carboxylic acid groups (broad SMARTS) is 1. The average Bonchev–Trinajstić information content (AvgIpc) is 2.92. The minimum absolute atomic E-state index is 0.199. The van der Waals surface area contributed by atoms with Crippen molar-refractivity contribution in [3.63, 3.8) is 0 Å². The summed E-state index contributed by atoms with van der Waals surface area (Å²) in [4.78, 5) is 14.7. The van der Waals surface area contributed by atoms with Crippen LogP contribution in [0.3, 0.4) is 0 Å². The molecule has 1 heterocycles. The molecule has 4 aromatic rings. The van der Waals surface area contributed by atoms with Crippen molar-refractivity contribution in [1.82, 2.24) is 0 Å². The average molecular weight is 470 g/mol. The van der Waals surface area contributed by atoms with E-state index in [1.165, 1.54) is 0 Å². The zero-order valence-corrected chi connectivity index (χ0v) is 19.6. The van der Waals surface area contributed by atoms with Gasteiger partial charge in [-0.15, -0.1) is 0 Å². The van der Waals surface area contributed by atoms with Gasteiger partial charge in [0.1, 0.15) is 18.1 Å². The van der Waals surface area contributed by atoms with Gasteiger partial charge in [0.05, 0.1) is 31.6 Å². The van der Waals surface area contributed by atoms with E-state index in [0.29, 0.717) is 36.9 Å². The van der Waals surface area contributed by atoms with Gasteiger partial charge >= 0.3 is 5.97 Å². The number of methoxy groups -OCH3 is 1. The summed E-state index contributed by atoms with van der Waals surface area (Å²) in [6, 6.07) is 25.1. The quantitative estimate of drug-likeness (QED) is 0.378. The van der Waals surface area contributed by atoms with E-state index in [9.17, 15) is 9.90 Å². The molecule has 1 aliphatic rings. The molecule has 6 heteroatoms. The number of hydrogen-bond donors (Lipinski definition) is 1. The Balaban J connectivity index is 1.74. The van der Waals surface area contributed by atoms with Gasteiger partial charge < -0.3 is 24.2 Å². The zero-order chi connectivity index (χ0) is 24.2. The van der Waals surface area contributed by atoms with Crippen LogP contribution in [-0.4, -0.2) is 44.5 Å². The number of hydrogen-bond acceptors (Lipinski definition) is 5. The van der Waals surface area contributed by atoms with Gasteiger partial charge in [-0.2, -0.15) is 0 Å². The van der Waals surface area contributed by atoms with E-state index in [0.717, 1.165) is 40.7 Å². The smallest absolute Gasteiger partial charge is 0.336 e. The lowest BCUT2D eigenvalue weighted by molar-refractivity contribution is 0.0697. The van der Waals surface area contributed by atoms with Gasteiger partial charge in [-0.05, 0) is 34.7 Å². The van der Waals surface area contributed by atoms with Crippen molar-refractivity contribution in [3.05, 3.63) is 90.0 Å². The molecular formula is C29H27NO5. The van der Waals surface area contributed by atoms with Crippen LogP contribution in [-0.2, 0) is 11.3 Å². The molecule has 0 aromatic heterocycles. The fourth-order valence-corrected chi connectivity index (χ4v) is 4.56. The van der Waals surface area contributed by atoms with Crippen LogP contribution in [0.15, 0.2) is 78.9 Å². The van der Waals surface area contributed by atoms with Gasteiger partial charge in [0.15, 0.2) is 0 Å². The van der Waals surface area contributed by atoms with Gasteiger partial charge in [0.25, 0.3) is 0 Å². The normalized spacial score (nSPS) is 13.6. The third kappa shape index (κ3) is 4.66. The number of benzene rings is 4. The topological polar surface area (TPSA) is 68.2 Å². The fourth-order valence-electron chi connectivity index (χ4n) is 4.56. The molecule has 1 N–H and O–H groups in total. The van der Waals surface area contributed by atoms with Crippen LogP contribution in [0.4, 0.5) is 5.69 Å². The molecule has 5 rings (SSSR count). The lowest BCUT2D eigenvalue weighted by Gasteiger charge is -2.30. The molecule has 0 saturated carbocycles. The minimum atomic E-state index is -1.00. The fraction of sp³-hybridized carbons (Fsp3) is 0.207. The van der Waals surface area contributed by atoms with Crippen molar-refractivity contribution in [2.24, 2.45) is 0 Å². The Morgan fingerprint density at radius 1 is 0.914 bits per heavy atom. The molecule has 0 radical (unpaired) electrons. The Kier molecular flexibility index (Phi) is 6.55. The molecule has 1 saturated heterocycles. The van der Waals surface area contributed by atoms with Crippen molar-refractivity contribution in [2.45, 2.75) is 6.61 Å². The van der Waals surface area contributed by atoms with E-state index in [-0.39, 0.29) is 5.56 Å². The highest BCUT2D eigenvalue weighted by molar-refractivity contribution is 6.11. The summed E-state index contributed by atoms with van der Waals surface area (Å²) >= 11 is 0. The van der Waals surface area contributed by atoms with Crippen molar-refractivity contribution in [2.75, 3.05) is 38.3 Å². The Labute approximate surface area is 204 Å². The van der Waals surface area contributed by atoms with Gasteiger partial charge in [0.2, 0.25) is 0 Å². The molecule has 0 unspecified atom stereocenters. The summed E-state index contributed by atoms with van der Waals surface area (Å²) < 4.78 is 17.6. The first-order chi connectivity index (χ1) is 17.2. The number of fused-ring (bicyclic) bond motifs is 1. The molecule has 0 atom stereocenters. The van der Waals surface area contributed by atoms with Crippen molar-refractivity contribution < 1.29 is 24.1 Å². The van der Waals surface area contributed by atoms with Crippen LogP contribution < -0.4 is 14.4 Å². The first kappa shape index (κ1) is 22.7. The predicted molar refractivity (Wildman–Crippen MR) is 137 cm³/mol. The first-order valence-corrected chi connectivity index (χ1v) is 11.6. The number of nitrogens with zero attached hydrogens (tertiary/aromatic N) is 1. The maximum absolute atomic E-state index is 12.5. The van der Waals surface area contributed by atoms with E-state index in [1.54, 1.807) is 13.2 Å². The lowest BCUT2D eigenvalue weighted by Crippen LogP contribution is -2.36.